The summed E-state index contributed by atoms with van der Waals surface area (Å²) in [5.41, 5.74) is 2.30. The number of benzene rings is 1. The first-order valence-electron chi connectivity index (χ1n) is 5.52. The number of nitrogens with zero attached hydrogens (tertiary/aromatic N) is 1. The van der Waals surface area contributed by atoms with E-state index in [0.29, 0.717) is 16.9 Å². The molecule has 0 radical (unpaired) electrons. The zero-order chi connectivity index (χ0) is 13.8. The Morgan fingerprint density at radius 3 is 2.63 bits per heavy atom. The molecule has 5 nitrogen and oxygen atoms in total. The van der Waals surface area contributed by atoms with Crippen molar-refractivity contribution >= 4 is 33.3 Å². The summed E-state index contributed by atoms with van der Waals surface area (Å²) in [5.74, 6) is 0. The smallest absolute Gasteiger partial charge is 0.323 e. The zero-order valence-corrected chi connectivity index (χ0v) is 11.7. The predicted molar refractivity (Wildman–Crippen MR) is 77.0 cm³/mol. The second-order valence-electron chi connectivity index (χ2n) is 3.90. The molecule has 1 aromatic heterocycles. The van der Waals surface area contributed by atoms with Crippen molar-refractivity contribution in [3.63, 3.8) is 0 Å². The van der Waals surface area contributed by atoms with E-state index in [9.17, 15) is 4.79 Å². The Morgan fingerprint density at radius 1 is 1.32 bits per heavy atom. The molecule has 0 fully saturated rings. The molecule has 19 heavy (non-hydrogen) atoms. The fraction of sp³-hybridized carbons (Fsp3) is 0.0769. The van der Waals surface area contributed by atoms with Gasteiger partial charge in [-0.1, -0.05) is 15.9 Å². The standard InChI is InChI=1S/C13H11BrN4O/c1-8-11(6-15)12(7-16-8)18-13(19)17-10-4-2-9(14)3-5-10/h2-5,7,16H,1H3,(H2,17,18,19). The number of aryl methyl sites for hydroxylation is 1. The summed E-state index contributed by atoms with van der Waals surface area (Å²) in [6, 6.07) is 8.86. The number of carbonyl (C=O) groups excluding carboxylic acids is 1. The summed E-state index contributed by atoms with van der Waals surface area (Å²) in [7, 11) is 0. The van der Waals surface area contributed by atoms with Gasteiger partial charge in [-0.3, -0.25) is 0 Å². The minimum atomic E-state index is -0.391. The van der Waals surface area contributed by atoms with Crippen molar-refractivity contribution in [3.05, 3.63) is 46.2 Å². The van der Waals surface area contributed by atoms with Crippen LogP contribution in [0.4, 0.5) is 16.2 Å². The second kappa shape index (κ2) is 5.59. The Hall–Kier alpha value is -2.26. The number of aromatic amines is 1. The van der Waals surface area contributed by atoms with E-state index in [0.717, 1.165) is 10.2 Å². The van der Waals surface area contributed by atoms with Crippen molar-refractivity contribution in [1.82, 2.24) is 4.98 Å². The topological polar surface area (TPSA) is 80.7 Å². The SMILES string of the molecule is Cc1[nH]cc(NC(=O)Nc2ccc(Br)cc2)c1C#N. The fourth-order valence-electron chi connectivity index (χ4n) is 1.59. The van der Waals surface area contributed by atoms with E-state index >= 15 is 0 Å². The molecule has 0 aliphatic rings. The van der Waals surface area contributed by atoms with Gasteiger partial charge in [0.15, 0.2) is 0 Å². The number of nitriles is 1. The zero-order valence-electron chi connectivity index (χ0n) is 10.1. The average molecular weight is 319 g/mol. The summed E-state index contributed by atoms with van der Waals surface area (Å²) in [6.45, 7) is 1.77. The van der Waals surface area contributed by atoms with Crippen molar-refractivity contribution < 1.29 is 4.79 Å². The van der Waals surface area contributed by atoms with Crippen molar-refractivity contribution in [2.45, 2.75) is 6.92 Å². The minimum Gasteiger partial charge on any atom is -0.362 e. The molecule has 3 N–H and O–H groups in total. The molecule has 0 aliphatic carbocycles. The summed E-state index contributed by atoms with van der Waals surface area (Å²) in [6.07, 6.45) is 1.59. The molecule has 96 valence electrons. The molecule has 0 unspecified atom stereocenters. The number of nitrogens with one attached hydrogen (secondary N) is 3. The van der Waals surface area contributed by atoms with Crippen molar-refractivity contribution in [2.24, 2.45) is 0 Å². The van der Waals surface area contributed by atoms with E-state index in [-0.39, 0.29) is 0 Å². The fourth-order valence-corrected chi connectivity index (χ4v) is 1.85. The highest BCUT2D eigenvalue weighted by atomic mass is 79.9. The van der Waals surface area contributed by atoms with Crippen LogP contribution in [0.2, 0.25) is 0 Å². The van der Waals surface area contributed by atoms with E-state index in [2.05, 4.69) is 31.5 Å². The summed E-state index contributed by atoms with van der Waals surface area (Å²) >= 11 is 3.32. The molecule has 2 rings (SSSR count). The maximum Gasteiger partial charge on any atom is 0.323 e. The molecule has 0 saturated heterocycles. The Balaban J connectivity index is 2.05. The summed E-state index contributed by atoms with van der Waals surface area (Å²) in [5, 5.41) is 14.3. The molecule has 2 aromatic rings. The molecule has 0 bridgehead atoms. The van der Waals surface area contributed by atoms with Crippen LogP contribution in [-0.4, -0.2) is 11.0 Å². The van der Waals surface area contributed by atoms with Gasteiger partial charge < -0.3 is 15.6 Å². The Labute approximate surface area is 118 Å². The molecule has 2 amide bonds. The monoisotopic (exact) mass is 318 g/mol. The van der Waals surface area contributed by atoms with Crippen LogP contribution in [0.3, 0.4) is 0 Å². The third-order valence-electron chi connectivity index (χ3n) is 2.54. The highest BCUT2D eigenvalue weighted by Gasteiger charge is 2.10. The first kappa shape index (κ1) is 13.2. The van der Waals surface area contributed by atoms with E-state index in [1.807, 2.05) is 18.2 Å². The van der Waals surface area contributed by atoms with Gasteiger partial charge in [0.05, 0.1) is 11.3 Å². The van der Waals surface area contributed by atoms with Crippen molar-refractivity contribution in [2.75, 3.05) is 10.6 Å². The van der Waals surface area contributed by atoms with Crippen LogP contribution in [-0.2, 0) is 0 Å². The third kappa shape index (κ3) is 3.14. The predicted octanol–water partition coefficient (Wildman–Crippen LogP) is 3.60. The van der Waals surface area contributed by atoms with Gasteiger partial charge in [-0.25, -0.2) is 4.79 Å². The third-order valence-corrected chi connectivity index (χ3v) is 3.07. The number of carbonyl (C=O) groups is 1. The Bertz CT molecular complexity index is 640. The van der Waals surface area contributed by atoms with Gasteiger partial charge in [0.25, 0.3) is 0 Å². The molecular formula is C13H11BrN4O. The van der Waals surface area contributed by atoms with Gasteiger partial charge in [0.2, 0.25) is 0 Å². The maximum absolute atomic E-state index is 11.8. The number of halogens is 1. The normalized spacial score (nSPS) is 9.74. The van der Waals surface area contributed by atoms with Gasteiger partial charge in [0.1, 0.15) is 6.07 Å². The van der Waals surface area contributed by atoms with E-state index < -0.39 is 6.03 Å². The lowest BCUT2D eigenvalue weighted by molar-refractivity contribution is 0.262. The number of rotatable bonds is 2. The van der Waals surface area contributed by atoms with Crippen molar-refractivity contribution in [1.29, 1.82) is 5.26 Å². The number of amides is 2. The van der Waals surface area contributed by atoms with E-state index in [4.69, 9.17) is 5.26 Å². The molecule has 1 heterocycles. The molecule has 0 saturated carbocycles. The highest BCUT2D eigenvalue weighted by molar-refractivity contribution is 9.10. The molecule has 6 heteroatoms. The lowest BCUT2D eigenvalue weighted by Gasteiger charge is -2.06. The largest absolute Gasteiger partial charge is 0.362 e. The Morgan fingerprint density at radius 2 is 2.00 bits per heavy atom. The number of urea groups is 1. The van der Waals surface area contributed by atoms with Crippen LogP contribution in [0.15, 0.2) is 34.9 Å². The van der Waals surface area contributed by atoms with Crippen LogP contribution in [0, 0.1) is 18.3 Å². The quantitative estimate of drug-likeness (QED) is 0.790. The van der Waals surface area contributed by atoms with Crippen LogP contribution < -0.4 is 10.6 Å². The van der Waals surface area contributed by atoms with Crippen LogP contribution >= 0.6 is 15.9 Å². The van der Waals surface area contributed by atoms with Crippen LogP contribution in [0.5, 0.6) is 0 Å². The number of hydrogen-bond donors (Lipinski definition) is 3. The second-order valence-corrected chi connectivity index (χ2v) is 4.82. The number of anilines is 2. The lowest BCUT2D eigenvalue weighted by Crippen LogP contribution is -2.19. The van der Waals surface area contributed by atoms with E-state index in [1.54, 1.807) is 25.3 Å². The van der Waals surface area contributed by atoms with Gasteiger partial charge in [-0.15, -0.1) is 0 Å². The number of H-pyrrole nitrogens is 1. The molecule has 0 atom stereocenters. The minimum absolute atomic E-state index is 0.391. The molecule has 0 aliphatic heterocycles. The molecule has 0 spiro atoms. The average Bonchev–Trinajstić information content (AvgIpc) is 2.72. The van der Waals surface area contributed by atoms with Crippen molar-refractivity contribution in [3.8, 4) is 6.07 Å². The maximum atomic E-state index is 11.8. The first-order chi connectivity index (χ1) is 9.10. The first-order valence-corrected chi connectivity index (χ1v) is 6.31. The van der Waals surface area contributed by atoms with Gasteiger partial charge >= 0.3 is 6.03 Å². The summed E-state index contributed by atoms with van der Waals surface area (Å²) in [4.78, 5) is 14.7. The number of hydrogen-bond acceptors (Lipinski definition) is 2. The molecular weight excluding hydrogens is 308 g/mol. The van der Waals surface area contributed by atoms with Gasteiger partial charge in [-0.2, -0.15) is 5.26 Å². The van der Waals surface area contributed by atoms with Gasteiger partial charge in [0, 0.05) is 22.1 Å². The number of aromatic nitrogens is 1. The molecule has 1 aromatic carbocycles. The van der Waals surface area contributed by atoms with E-state index in [1.165, 1.54) is 0 Å². The summed E-state index contributed by atoms with van der Waals surface area (Å²) < 4.78 is 0.937. The van der Waals surface area contributed by atoms with Crippen LogP contribution in [0.25, 0.3) is 0 Å². The Kier molecular flexibility index (Phi) is 3.88. The van der Waals surface area contributed by atoms with Crippen LogP contribution in [0.1, 0.15) is 11.3 Å². The lowest BCUT2D eigenvalue weighted by atomic mass is 10.2. The van der Waals surface area contributed by atoms with Gasteiger partial charge in [-0.05, 0) is 31.2 Å². The highest BCUT2D eigenvalue weighted by Crippen LogP contribution is 2.18.